The van der Waals surface area contributed by atoms with Crippen molar-refractivity contribution in [1.29, 1.82) is 0 Å². The maximum Gasteiger partial charge on any atom is 0.0620 e. The van der Waals surface area contributed by atoms with Crippen molar-refractivity contribution in [1.82, 2.24) is 18.3 Å². The molecule has 4 nitrogen and oxygen atoms in total. The summed E-state index contributed by atoms with van der Waals surface area (Å²) >= 11 is 0. The standard InChI is InChI=1S/C69H46N4/c1-5-18-44(19-6-1)64-56-36-32-50-51-33-37-57-65(45-20-7-2-8-21-45)67(47-24-11-4-12-25-47)73-49-31-39-63-59(43-49)53-27-14-16-29-61(53)71(63)41-17-40-70-60-28-15-13-26-52(60)58-42-48(30-38-62(58)70)72(66(64)46-22-9-3-10-23-46)68(56)54(50)34-35-55(51)69(57)73/h1-16,18-39,42-43H,17,40-41H2. The van der Waals surface area contributed by atoms with Gasteiger partial charge in [-0.2, -0.15) is 0 Å². The first-order valence-corrected chi connectivity index (χ1v) is 25.6. The summed E-state index contributed by atoms with van der Waals surface area (Å²) in [6, 6.07) is 91.0. The first-order valence-electron chi connectivity index (χ1n) is 25.6. The lowest BCUT2D eigenvalue weighted by molar-refractivity contribution is 0.603. The van der Waals surface area contributed by atoms with Crippen LogP contribution in [0.5, 0.6) is 0 Å². The van der Waals surface area contributed by atoms with E-state index >= 15 is 0 Å². The average Bonchev–Trinajstić information content (AvgIpc) is 4.19. The second-order valence-electron chi connectivity index (χ2n) is 19.9. The first kappa shape index (κ1) is 40.4. The van der Waals surface area contributed by atoms with Crippen molar-refractivity contribution in [2.45, 2.75) is 19.5 Å². The number of fused-ring (bicyclic) bond motifs is 2. The Bertz CT molecular complexity index is 4420. The number of aromatic nitrogens is 4. The Morgan fingerprint density at radius 2 is 0.589 bits per heavy atom. The summed E-state index contributed by atoms with van der Waals surface area (Å²) in [5.74, 6) is 0. The molecule has 73 heavy (non-hydrogen) atoms. The van der Waals surface area contributed by atoms with Crippen molar-refractivity contribution in [3.8, 4) is 56.1 Å². The van der Waals surface area contributed by atoms with E-state index in [-0.39, 0.29) is 0 Å². The summed E-state index contributed by atoms with van der Waals surface area (Å²) in [5, 5.41) is 12.4. The van der Waals surface area contributed by atoms with Gasteiger partial charge in [-0.05, 0) is 88.0 Å². The fraction of sp³-hybridized carbons (Fsp3) is 0.0435. The summed E-state index contributed by atoms with van der Waals surface area (Å²) in [4.78, 5) is 0. The lowest BCUT2D eigenvalue weighted by atomic mass is 9.94. The van der Waals surface area contributed by atoms with Crippen LogP contribution in [-0.4, -0.2) is 18.3 Å². The molecule has 11 aromatic carbocycles. The summed E-state index contributed by atoms with van der Waals surface area (Å²) in [6.45, 7) is 1.77. The normalized spacial score (nSPS) is 12.8. The van der Waals surface area contributed by atoms with E-state index in [1.165, 1.54) is 132 Å². The van der Waals surface area contributed by atoms with Crippen molar-refractivity contribution in [3.05, 3.63) is 243 Å². The SMILES string of the molecule is c1ccc(-c2c(-c3ccccc3)n3c4c2ccc2c5ccc6c(-c7ccccc7)c(-c7ccccc7)n(c6c5ccc24)-c2ccc4c(c2)c2ccccc2n4CCCn2c4ccccc4c4cc-3ccc42)cc1. The molecule has 9 heterocycles. The molecule has 15 aromatic rings. The Morgan fingerprint density at radius 3 is 1.01 bits per heavy atom. The number of benzene rings is 11. The number of hydrogen-bond donors (Lipinski definition) is 0. The van der Waals surface area contributed by atoms with Gasteiger partial charge in [0.15, 0.2) is 0 Å². The second kappa shape index (κ2) is 15.6. The van der Waals surface area contributed by atoms with Gasteiger partial charge in [-0.15, -0.1) is 0 Å². The van der Waals surface area contributed by atoms with Gasteiger partial charge in [0.1, 0.15) is 0 Å². The molecule has 4 aromatic heterocycles. The summed E-state index contributed by atoms with van der Waals surface area (Å²) < 4.78 is 10.3. The van der Waals surface area contributed by atoms with E-state index in [0.717, 1.165) is 30.9 Å². The highest BCUT2D eigenvalue weighted by atomic mass is 15.0. The number of nitrogens with zero attached hydrogens (tertiary/aromatic N) is 4. The molecule has 342 valence electrons. The zero-order valence-electron chi connectivity index (χ0n) is 40.0. The Kier molecular flexibility index (Phi) is 8.60. The van der Waals surface area contributed by atoms with Crippen LogP contribution in [0.15, 0.2) is 243 Å². The van der Waals surface area contributed by atoms with Crippen molar-refractivity contribution < 1.29 is 0 Å². The van der Waals surface area contributed by atoms with Crippen LogP contribution in [0.3, 0.4) is 0 Å². The Hall–Kier alpha value is -9.38. The van der Waals surface area contributed by atoms with E-state index in [4.69, 9.17) is 0 Å². The largest absolute Gasteiger partial charge is 0.340 e. The third-order valence-corrected chi connectivity index (χ3v) is 16.1. The van der Waals surface area contributed by atoms with Gasteiger partial charge in [0, 0.05) is 101 Å². The zero-order valence-corrected chi connectivity index (χ0v) is 40.0. The molecule has 0 N–H and O–H groups in total. The van der Waals surface area contributed by atoms with Crippen LogP contribution in [0, 0.1) is 0 Å². The van der Waals surface area contributed by atoms with Crippen molar-refractivity contribution in [3.63, 3.8) is 0 Å². The molecule has 0 saturated heterocycles. The van der Waals surface area contributed by atoms with Gasteiger partial charge >= 0.3 is 0 Å². The Balaban J connectivity index is 1.11. The topological polar surface area (TPSA) is 19.7 Å². The minimum absolute atomic E-state index is 0.885. The molecule has 0 fully saturated rings. The van der Waals surface area contributed by atoms with Gasteiger partial charge in [-0.1, -0.05) is 194 Å². The predicted octanol–water partition coefficient (Wildman–Crippen LogP) is 18.2. The highest BCUT2D eigenvalue weighted by Crippen LogP contribution is 2.50. The zero-order chi connectivity index (χ0) is 47.7. The maximum absolute atomic E-state index is 2.58. The van der Waals surface area contributed by atoms with Gasteiger partial charge < -0.3 is 18.3 Å². The molecule has 0 aliphatic carbocycles. The molecular formula is C69H46N4. The van der Waals surface area contributed by atoms with E-state index in [2.05, 4.69) is 261 Å². The van der Waals surface area contributed by atoms with Crippen molar-refractivity contribution in [2.75, 3.05) is 0 Å². The molecule has 20 rings (SSSR count). The van der Waals surface area contributed by atoms with Crippen LogP contribution in [0.25, 0.3) is 143 Å². The third-order valence-electron chi connectivity index (χ3n) is 16.1. The van der Waals surface area contributed by atoms with Gasteiger partial charge in [0.2, 0.25) is 0 Å². The fourth-order valence-electron chi connectivity index (χ4n) is 13.1. The molecule has 14 bridgehead atoms. The van der Waals surface area contributed by atoms with E-state index in [0.29, 0.717) is 0 Å². The number of para-hydroxylation sites is 2. The van der Waals surface area contributed by atoms with Gasteiger partial charge in [0.25, 0.3) is 0 Å². The molecule has 0 radical (unpaired) electrons. The van der Waals surface area contributed by atoms with Crippen LogP contribution in [-0.2, 0) is 13.1 Å². The Morgan fingerprint density at radius 1 is 0.247 bits per heavy atom. The lowest BCUT2D eigenvalue weighted by Crippen LogP contribution is -2.04. The van der Waals surface area contributed by atoms with E-state index in [9.17, 15) is 0 Å². The Labute approximate surface area is 421 Å². The lowest BCUT2D eigenvalue weighted by Gasteiger charge is -2.16. The molecule has 4 heteroatoms. The van der Waals surface area contributed by atoms with Crippen LogP contribution >= 0.6 is 0 Å². The minimum Gasteiger partial charge on any atom is -0.340 e. The molecule has 0 unspecified atom stereocenters. The number of aryl methyl sites for hydroxylation is 2. The average molecular weight is 931 g/mol. The molecule has 0 amide bonds. The molecular weight excluding hydrogens is 885 g/mol. The van der Waals surface area contributed by atoms with Gasteiger partial charge in [-0.25, -0.2) is 0 Å². The maximum atomic E-state index is 2.58. The molecule has 5 aliphatic rings. The summed E-state index contributed by atoms with van der Waals surface area (Å²) in [6.07, 6.45) is 0.969. The molecule has 5 aliphatic heterocycles. The third kappa shape index (κ3) is 5.77. The van der Waals surface area contributed by atoms with Gasteiger partial charge in [-0.3, -0.25) is 0 Å². The van der Waals surface area contributed by atoms with E-state index < -0.39 is 0 Å². The molecule has 0 atom stereocenters. The van der Waals surface area contributed by atoms with Crippen LogP contribution in [0.2, 0.25) is 0 Å². The van der Waals surface area contributed by atoms with Crippen LogP contribution in [0.1, 0.15) is 6.42 Å². The number of hydrogen-bond acceptors (Lipinski definition) is 0. The second-order valence-corrected chi connectivity index (χ2v) is 19.9. The quantitative estimate of drug-likeness (QED) is 0.157. The first-order chi connectivity index (χ1) is 36.3. The van der Waals surface area contributed by atoms with Crippen LogP contribution < -0.4 is 0 Å². The van der Waals surface area contributed by atoms with E-state index in [1.54, 1.807) is 0 Å². The van der Waals surface area contributed by atoms with Gasteiger partial charge in [0.05, 0.1) is 22.4 Å². The summed E-state index contributed by atoms with van der Waals surface area (Å²) in [7, 11) is 0. The minimum atomic E-state index is 0.885. The predicted molar refractivity (Wildman–Crippen MR) is 307 cm³/mol. The fourth-order valence-corrected chi connectivity index (χ4v) is 13.1. The van der Waals surface area contributed by atoms with Crippen molar-refractivity contribution >= 4 is 87.0 Å². The highest BCUT2D eigenvalue weighted by molar-refractivity contribution is 6.26. The molecule has 0 spiro atoms. The summed E-state index contributed by atoms with van der Waals surface area (Å²) in [5.41, 5.74) is 19.4. The van der Waals surface area contributed by atoms with Crippen molar-refractivity contribution in [2.24, 2.45) is 0 Å². The highest BCUT2D eigenvalue weighted by Gasteiger charge is 2.27. The smallest absolute Gasteiger partial charge is 0.0620 e. The number of rotatable bonds is 4. The van der Waals surface area contributed by atoms with E-state index in [1.807, 2.05) is 0 Å². The molecule has 0 saturated carbocycles. The monoisotopic (exact) mass is 930 g/mol. The van der Waals surface area contributed by atoms with Crippen LogP contribution in [0.4, 0.5) is 0 Å².